The summed E-state index contributed by atoms with van der Waals surface area (Å²) in [6.45, 7) is 2.73. The summed E-state index contributed by atoms with van der Waals surface area (Å²) < 4.78 is 27.9. The van der Waals surface area contributed by atoms with Gasteiger partial charge in [-0.05, 0) is 77.9 Å². The normalized spacial score (nSPS) is 15.2. The lowest BCUT2D eigenvalue weighted by Crippen LogP contribution is -2.29. The number of sulfonamides is 1. The van der Waals surface area contributed by atoms with Crippen LogP contribution < -0.4 is 9.62 Å². The number of hydrogen-bond donors (Lipinski definition) is 1. The van der Waals surface area contributed by atoms with Gasteiger partial charge in [0.2, 0.25) is 10.0 Å². The standard InChI is InChI=1S/C20H25BrN2O2S/c21-19-8-2-3-9-20(19)26(24,25)22-14-6-7-17-10-12-18(13-11-17)23-15-4-1-5-16-23/h2-3,8-13,22H,1,4-7,14-16H2. The highest BCUT2D eigenvalue weighted by atomic mass is 79.9. The number of rotatable bonds is 7. The molecular formula is C20H25BrN2O2S. The van der Waals surface area contributed by atoms with Crippen LogP contribution in [0.5, 0.6) is 0 Å². The third-order valence-corrected chi connectivity index (χ3v) is 7.19. The van der Waals surface area contributed by atoms with Gasteiger partial charge in [0.05, 0.1) is 4.90 Å². The summed E-state index contributed by atoms with van der Waals surface area (Å²) in [6, 6.07) is 15.6. The lowest BCUT2D eigenvalue weighted by Gasteiger charge is -2.28. The zero-order chi connectivity index (χ0) is 18.4. The third-order valence-electron chi connectivity index (χ3n) is 4.72. The van der Waals surface area contributed by atoms with Crippen molar-refractivity contribution in [3.63, 3.8) is 0 Å². The summed E-state index contributed by atoms with van der Waals surface area (Å²) in [6.07, 6.45) is 5.52. The number of nitrogens with one attached hydrogen (secondary N) is 1. The van der Waals surface area contributed by atoms with Crippen LogP contribution in [0, 0.1) is 0 Å². The number of benzene rings is 2. The van der Waals surface area contributed by atoms with Crippen molar-refractivity contribution in [3.8, 4) is 0 Å². The second-order valence-corrected chi connectivity index (χ2v) is 9.24. The number of halogens is 1. The summed E-state index contributed by atoms with van der Waals surface area (Å²) in [5.41, 5.74) is 2.54. The molecule has 0 aromatic heterocycles. The van der Waals surface area contributed by atoms with Crippen molar-refractivity contribution in [2.45, 2.75) is 37.0 Å². The van der Waals surface area contributed by atoms with E-state index in [9.17, 15) is 8.42 Å². The van der Waals surface area contributed by atoms with Gasteiger partial charge in [0.25, 0.3) is 0 Å². The van der Waals surface area contributed by atoms with Crippen LogP contribution in [0.4, 0.5) is 5.69 Å². The number of piperidine rings is 1. The first-order valence-corrected chi connectivity index (χ1v) is 11.4. The van der Waals surface area contributed by atoms with Crippen molar-refractivity contribution >= 4 is 31.6 Å². The van der Waals surface area contributed by atoms with Gasteiger partial charge in [-0.25, -0.2) is 13.1 Å². The van der Waals surface area contributed by atoms with E-state index in [0.29, 0.717) is 11.0 Å². The molecule has 1 heterocycles. The molecule has 4 nitrogen and oxygen atoms in total. The molecule has 1 saturated heterocycles. The highest BCUT2D eigenvalue weighted by molar-refractivity contribution is 9.10. The molecule has 140 valence electrons. The van der Waals surface area contributed by atoms with Crippen molar-refractivity contribution in [1.29, 1.82) is 0 Å². The molecule has 0 bridgehead atoms. The number of hydrogen-bond acceptors (Lipinski definition) is 3. The molecule has 2 aromatic carbocycles. The minimum absolute atomic E-state index is 0.283. The average molecular weight is 437 g/mol. The van der Waals surface area contributed by atoms with Crippen LogP contribution in [0.3, 0.4) is 0 Å². The van der Waals surface area contributed by atoms with Crippen LogP contribution in [0.2, 0.25) is 0 Å². The molecule has 0 atom stereocenters. The fourth-order valence-electron chi connectivity index (χ4n) is 3.27. The second-order valence-electron chi connectivity index (χ2n) is 6.65. The van der Waals surface area contributed by atoms with Gasteiger partial charge < -0.3 is 4.90 Å². The second kappa shape index (κ2) is 9.02. The predicted octanol–water partition coefficient (Wildman–Crippen LogP) is 4.35. The Morgan fingerprint density at radius 2 is 1.65 bits per heavy atom. The Kier molecular flexibility index (Phi) is 6.73. The fourth-order valence-corrected chi connectivity index (χ4v) is 5.34. The molecule has 0 unspecified atom stereocenters. The molecular weight excluding hydrogens is 412 g/mol. The minimum atomic E-state index is -3.47. The Hall–Kier alpha value is -1.37. The van der Waals surface area contributed by atoms with E-state index in [-0.39, 0.29) is 4.90 Å². The Labute approximate surface area is 164 Å². The summed E-state index contributed by atoms with van der Waals surface area (Å²) >= 11 is 3.29. The van der Waals surface area contributed by atoms with Gasteiger partial charge >= 0.3 is 0 Å². The van der Waals surface area contributed by atoms with Gasteiger partial charge in [0.1, 0.15) is 0 Å². The average Bonchev–Trinajstić information content (AvgIpc) is 2.67. The predicted molar refractivity (Wildman–Crippen MR) is 110 cm³/mol. The van der Waals surface area contributed by atoms with Crippen molar-refractivity contribution in [2.75, 3.05) is 24.5 Å². The van der Waals surface area contributed by atoms with Gasteiger partial charge in [-0.3, -0.25) is 0 Å². The molecule has 1 fully saturated rings. The van der Waals surface area contributed by atoms with Crippen LogP contribution in [-0.2, 0) is 16.4 Å². The maximum absolute atomic E-state index is 12.3. The van der Waals surface area contributed by atoms with Gasteiger partial charge in [-0.2, -0.15) is 0 Å². The summed E-state index contributed by atoms with van der Waals surface area (Å²) in [5.74, 6) is 0. The molecule has 1 aliphatic heterocycles. The topological polar surface area (TPSA) is 49.4 Å². The van der Waals surface area contributed by atoms with Gasteiger partial charge in [0, 0.05) is 29.8 Å². The van der Waals surface area contributed by atoms with Gasteiger partial charge in [-0.1, -0.05) is 24.3 Å². The van der Waals surface area contributed by atoms with Crippen molar-refractivity contribution < 1.29 is 8.42 Å². The molecule has 3 rings (SSSR count). The van der Waals surface area contributed by atoms with Crippen LogP contribution >= 0.6 is 15.9 Å². The number of nitrogens with zero attached hydrogens (tertiary/aromatic N) is 1. The van der Waals surface area contributed by atoms with Crippen LogP contribution in [0.15, 0.2) is 57.9 Å². The Morgan fingerprint density at radius 3 is 2.35 bits per heavy atom. The first-order chi connectivity index (χ1) is 12.6. The molecule has 1 N–H and O–H groups in total. The van der Waals surface area contributed by atoms with Crippen molar-refractivity contribution in [1.82, 2.24) is 4.72 Å². The first kappa shape index (κ1) is 19.4. The Bertz CT molecular complexity index is 816. The molecule has 6 heteroatoms. The molecule has 26 heavy (non-hydrogen) atoms. The van der Waals surface area contributed by atoms with E-state index in [4.69, 9.17) is 0 Å². The lowest BCUT2D eigenvalue weighted by atomic mass is 10.1. The summed E-state index contributed by atoms with van der Waals surface area (Å²) in [4.78, 5) is 2.73. The van der Waals surface area contributed by atoms with Crippen molar-refractivity contribution in [3.05, 3.63) is 58.6 Å². The van der Waals surface area contributed by atoms with E-state index >= 15 is 0 Å². The summed E-state index contributed by atoms with van der Waals surface area (Å²) in [7, 11) is -3.47. The smallest absolute Gasteiger partial charge is 0.241 e. The fraction of sp³-hybridized carbons (Fsp3) is 0.400. The summed E-state index contributed by atoms with van der Waals surface area (Å²) in [5, 5.41) is 0. The SMILES string of the molecule is O=S(=O)(NCCCc1ccc(N2CCCCC2)cc1)c1ccccc1Br. The quantitative estimate of drug-likeness (QED) is 0.656. The maximum atomic E-state index is 12.3. The molecule has 0 radical (unpaired) electrons. The zero-order valence-electron chi connectivity index (χ0n) is 14.8. The van der Waals surface area contributed by atoms with Crippen LogP contribution in [0.25, 0.3) is 0 Å². The van der Waals surface area contributed by atoms with E-state index < -0.39 is 10.0 Å². The highest BCUT2D eigenvalue weighted by Crippen LogP contribution is 2.22. The largest absolute Gasteiger partial charge is 0.372 e. The number of aryl methyl sites for hydroxylation is 1. The van der Waals surface area contributed by atoms with E-state index in [1.165, 1.54) is 30.5 Å². The molecule has 0 amide bonds. The van der Waals surface area contributed by atoms with E-state index in [1.807, 2.05) is 0 Å². The molecule has 0 saturated carbocycles. The minimum Gasteiger partial charge on any atom is -0.372 e. The molecule has 0 aliphatic carbocycles. The van der Waals surface area contributed by atoms with Crippen LogP contribution in [-0.4, -0.2) is 28.1 Å². The van der Waals surface area contributed by atoms with Crippen LogP contribution in [0.1, 0.15) is 31.2 Å². The van der Waals surface area contributed by atoms with Gasteiger partial charge in [-0.15, -0.1) is 0 Å². The van der Waals surface area contributed by atoms with Gasteiger partial charge in [0.15, 0.2) is 0 Å². The molecule has 0 spiro atoms. The zero-order valence-corrected chi connectivity index (χ0v) is 17.2. The Morgan fingerprint density at radius 1 is 0.962 bits per heavy atom. The van der Waals surface area contributed by atoms with E-state index in [1.54, 1.807) is 24.3 Å². The monoisotopic (exact) mass is 436 g/mol. The lowest BCUT2D eigenvalue weighted by molar-refractivity contribution is 0.577. The third kappa shape index (κ3) is 5.09. The van der Waals surface area contributed by atoms with E-state index in [2.05, 4.69) is 49.8 Å². The Balaban J connectivity index is 1.48. The molecule has 1 aliphatic rings. The van der Waals surface area contributed by atoms with E-state index in [0.717, 1.165) is 25.9 Å². The molecule has 2 aromatic rings. The first-order valence-electron chi connectivity index (χ1n) is 9.14. The maximum Gasteiger partial charge on any atom is 0.241 e. The highest BCUT2D eigenvalue weighted by Gasteiger charge is 2.16. The van der Waals surface area contributed by atoms with Crippen molar-refractivity contribution in [2.24, 2.45) is 0 Å². The number of anilines is 1.